The number of urea groups is 1. The maximum atomic E-state index is 13.1. The molecule has 4 nitrogen and oxygen atoms in total. The van der Waals surface area contributed by atoms with Gasteiger partial charge in [-0.05, 0) is 42.7 Å². The van der Waals surface area contributed by atoms with E-state index in [-0.39, 0.29) is 12.1 Å². The quantitative estimate of drug-likeness (QED) is 0.738. The average Bonchev–Trinajstić information content (AvgIpc) is 3.15. The van der Waals surface area contributed by atoms with E-state index in [0.29, 0.717) is 13.1 Å². The van der Waals surface area contributed by atoms with Crippen LogP contribution in [0.1, 0.15) is 34.0 Å². The maximum Gasteiger partial charge on any atom is 0.318 e. The Morgan fingerprint density at radius 1 is 1.04 bits per heavy atom. The summed E-state index contributed by atoms with van der Waals surface area (Å²) in [6, 6.07) is 20.6. The predicted octanol–water partition coefficient (Wildman–Crippen LogP) is 4.42. The molecule has 1 unspecified atom stereocenters. The number of carbonyl (C=O) groups excluding carboxylic acids is 1. The number of benzene rings is 2. The summed E-state index contributed by atoms with van der Waals surface area (Å²) >= 11 is 0. The van der Waals surface area contributed by atoms with Crippen LogP contribution in [-0.4, -0.2) is 22.0 Å². The Morgan fingerprint density at radius 3 is 2.63 bits per heavy atom. The third-order valence-electron chi connectivity index (χ3n) is 5.31. The summed E-state index contributed by atoms with van der Waals surface area (Å²) in [5.74, 6) is 0. The van der Waals surface area contributed by atoms with Crippen LogP contribution in [0.15, 0.2) is 66.9 Å². The number of hydrogen-bond donors (Lipinski definition) is 1. The summed E-state index contributed by atoms with van der Waals surface area (Å²) < 4.78 is 2.25. The molecule has 0 saturated heterocycles. The summed E-state index contributed by atoms with van der Waals surface area (Å²) in [7, 11) is 0. The van der Waals surface area contributed by atoms with Crippen molar-refractivity contribution in [1.82, 2.24) is 14.8 Å². The first kappa shape index (κ1) is 17.4. The molecule has 4 heteroatoms. The van der Waals surface area contributed by atoms with Crippen molar-refractivity contribution in [2.45, 2.75) is 33.0 Å². The lowest BCUT2D eigenvalue weighted by Crippen LogP contribution is -2.47. The van der Waals surface area contributed by atoms with Crippen molar-refractivity contribution >= 4 is 6.03 Å². The lowest BCUT2D eigenvalue weighted by Gasteiger charge is -2.38. The second-order valence-electron chi connectivity index (χ2n) is 7.23. The number of amides is 2. The van der Waals surface area contributed by atoms with E-state index in [9.17, 15) is 4.79 Å². The van der Waals surface area contributed by atoms with Crippen LogP contribution in [-0.2, 0) is 13.1 Å². The molecule has 2 heterocycles. The highest BCUT2D eigenvalue weighted by Crippen LogP contribution is 2.34. The zero-order valence-corrected chi connectivity index (χ0v) is 15.9. The third-order valence-corrected chi connectivity index (χ3v) is 5.31. The van der Waals surface area contributed by atoms with E-state index in [1.807, 2.05) is 35.2 Å². The summed E-state index contributed by atoms with van der Waals surface area (Å²) in [6.07, 6.45) is 2.10. The van der Waals surface area contributed by atoms with Crippen LogP contribution in [0.4, 0.5) is 4.79 Å². The molecule has 0 spiro atoms. The Bertz CT molecular complexity index is 945. The molecule has 2 amide bonds. The number of aryl methyl sites for hydroxylation is 2. The number of nitrogens with zero attached hydrogens (tertiary/aromatic N) is 2. The van der Waals surface area contributed by atoms with E-state index < -0.39 is 0 Å². The Balaban J connectivity index is 1.63. The first-order valence-electron chi connectivity index (χ1n) is 9.44. The van der Waals surface area contributed by atoms with Crippen molar-refractivity contribution in [3.63, 3.8) is 0 Å². The molecule has 4 rings (SSSR count). The molecule has 0 saturated carbocycles. The SMILES string of the molecule is Cc1ccc(C2c3cccn3CCN2C(=O)NCc2ccccc2)c(C)c1. The lowest BCUT2D eigenvalue weighted by molar-refractivity contribution is 0.168. The van der Waals surface area contributed by atoms with E-state index in [2.05, 4.69) is 60.3 Å². The van der Waals surface area contributed by atoms with Gasteiger partial charge in [0.25, 0.3) is 0 Å². The summed E-state index contributed by atoms with van der Waals surface area (Å²) in [6.45, 7) is 6.29. The van der Waals surface area contributed by atoms with Crippen LogP contribution in [0.2, 0.25) is 0 Å². The first-order valence-corrected chi connectivity index (χ1v) is 9.44. The van der Waals surface area contributed by atoms with Gasteiger partial charge in [0.1, 0.15) is 0 Å². The fraction of sp³-hybridized carbons (Fsp3) is 0.261. The van der Waals surface area contributed by atoms with Crippen molar-refractivity contribution in [3.8, 4) is 0 Å². The summed E-state index contributed by atoms with van der Waals surface area (Å²) in [4.78, 5) is 15.0. The van der Waals surface area contributed by atoms with Crippen LogP contribution in [0.25, 0.3) is 0 Å². The van der Waals surface area contributed by atoms with Gasteiger partial charge < -0.3 is 14.8 Å². The molecule has 1 atom stereocenters. The molecule has 0 bridgehead atoms. The number of aromatic nitrogens is 1. The molecular weight excluding hydrogens is 334 g/mol. The maximum absolute atomic E-state index is 13.1. The summed E-state index contributed by atoms with van der Waals surface area (Å²) in [5.41, 5.74) is 5.92. The molecule has 27 heavy (non-hydrogen) atoms. The van der Waals surface area contributed by atoms with Gasteiger partial charge in [0, 0.05) is 31.5 Å². The fourth-order valence-electron chi connectivity index (χ4n) is 3.94. The topological polar surface area (TPSA) is 37.3 Å². The second kappa shape index (κ2) is 7.31. The van der Waals surface area contributed by atoms with Gasteiger partial charge in [-0.2, -0.15) is 0 Å². The zero-order valence-electron chi connectivity index (χ0n) is 15.9. The molecule has 1 aliphatic heterocycles. The highest BCUT2D eigenvalue weighted by atomic mass is 16.2. The lowest BCUT2D eigenvalue weighted by atomic mass is 9.94. The van der Waals surface area contributed by atoms with E-state index in [0.717, 1.165) is 12.1 Å². The minimum Gasteiger partial charge on any atom is -0.348 e. The standard InChI is InChI=1S/C23H25N3O/c1-17-10-11-20(18(2)15-17)22-21-9-6-12-25(21)13-14-26(22)23(27)24-16-19-7-4-3-5-8-19/h3-12,15,22H,13-14,16H2,1-2H3,(H,24,27). The van der Waals surface area contributed by atoms with Crippen molar-refractivity contribution in [2.24, 2.45) is 0 Å². The smallest absolute Gasteiger partial charge is 0.318 e. The van der Waals surface area contributed by atoms with E-state index in [4.69, 9.17) is 0 Å². The van der Waals surface area contributed by atoms with Gasteiger partial charge in [-0.25, -0.2) is 4.79 Å². The normalized spacial score (nSPS) is 16.1. The van der Waals surface area contributed by atoms with E-state index in [1.54, 1.807) is 0 Å². The number of carbonyl (C=O) groups is 1. The third kappa shape index (κ3) is 3.47. The Labute approximate surface area is 160 Å². The van der Waals surface area contributed by atoms with Crippen LogP contribution in [0.3, 0.4) is 0 Å². The molecule has 0 aliphatic carbocycles. The second-order valence-corrected chi connectivity index (χ2v) is 7.23. The largest absolute Gasteiger partial charge is 0.348 e. The highest BCUT2D eigenvalue weighted by Gasteiger charge is 2.32. The molecule has 0 radical (unpaired) electrons. The molecule has 3 aromatic rings. The molecule has 138 valence electrons. The molecule has 0 fully saturated rings. The van der Waals surface area contributed by atoms with Gasteiger partial charge >= 0.3 is 6.03 Å². The number of rotatable bonds is 3. The number of fused-ring (bicyclic) bond motifs is 1. The monoisotopic (exact) mass is 359 g/mol. The van der Waals surface area contributed by atoms with Crippen molar-refractivity contribution in [1.29, 1.82) is 0 Å². The van der Waals surface area contributed by atoms with E-state index >= 15 is 0 Å². The van der Waals surface area contributed by atoms with Gasteiger partial charge in [-0.3, -0.25) is 0 Å². The molecule has 1 aromatic heterocycles. The number of hydrogen-bond acceptors (Lipinski definition) is 1. The zero-order chi connectivity index (χ0) is 18.8. The highest BCUT2D eigenvalue weighted by molar-refractivity contribution is 5.75. The van der Waals surface area contributed by atoms with Crippen LogP contribution >= 0.6 is 0 Å². The molecular formula is C23H25N3O. The predicted molar refractivity (Wildman–Crippen MR) is 108 cm³/mol. The molecule has 1 N–H and O–H groups in total. The van der Waals surface area contributed by atoms with Crippen LogP contribution < -0.4 is 5.32 Å². The number of nitrogens with one attached hydrogen (secondary N) is 1. The van der Waals surface area contributed by atoms with Gasteiger partial charge in [-0.15, -0.1) is 0 Å². The van der Waals surface area contributed by atoms with Crippen molar-refractivity contribution in [2.75, 3.05) is 6.54 Å². The van der Waals surface area contributed by atoms with E-state index in [1.165, 1.54) is 22.4 Å². The Hall–Kier alpha value is -3.01. The van der Waals surface area contributed by atoms with Crippen LogP contribution in [0, 0.1) is 13.8 Å². The van der Waals surface area contributed by atoms with Crippen molar-refractivity contribution < 1.29 is 4.79 Å². The minimum absolute atomic E-state index is 0.0173. The van der Waals surface area contributed by atoms with Gasteiger partial charge in [0.15, 0.2) is 0 Å². The Kier molecular flexibility index (Phi) is 4.71. The van der Waals surface area contributed by atoms with Gasteiger partial charge in [0.05, 0.1) is 6.04 Å². The van der Waals surface area contributed by atoms with Gasteiger partial charge in [0.2, 0.25) is 0 Å². The first-order chi connectivity index (χ1) is 13.1. The fourth-order valence-corrected chi connectivity index (χ4v) is 3.94. The van der Waals surface area contributed by atoms with Crippen molar-refractivity contribution in [3.05, 3.63) is 94.8 Å². The summed E-state index contributed by atoms with van der Waals surface area (Å²) in [5, 5.41) is 3.10. The Morgan fingerprint density at radius 2 is 1.85 bits per heavy atom. The molecule has 2 aromatic carbocycles. The van der Waals surface area contributed by atoms with Crippen LogP contribution in [0.5, 0.6) is 0 Å². The van der Waals surface area contributed by atoms with Gasteiger partial charge in [-0.1, -0.05) is 54.1 Å². The molecule has 1 aliphatic rings. The average molecular weight is 359 g/mol. The minimum atomic E-state index is -0.0647.